The summed E-state index contributed by atoms with van der Waals surface area (Å²) in [6, 6.07) is 5.84. The maximum atomic E-state index is 11.7. The second-order valence-corrected chi connectivity index (χ2v) is 4.99. The van der Waals surface area contributed by atoms with Crippen LogP contribution in [0.1, 0.15) is 28.7 Å². The largest absolute Gasteiger partial charge is 0.460 e. The summed E-state index contributed by atoms with van der Waals surface area (Å²) in [5.74, 6) is 0.0822. The van der Waals surface area contributed by atoms with Gasteiger partial charge in [0, 0.05) is 4.47 Å². The SMILES string of the molecule is CCOC(=O)c1oc(-c2ccc(C)cc2Br)nc1C. The van der Waals surface area contributed by atoms with E-state index in [0.717, 1.165) is 15.6 Å². The van der Waals surface area contributed by atoms with E-state index in [1.165, 1.54) is 0 Å². The summed E-state index contributed by atoms with van der Waals surface area (Å²) in [6.45, 7) is 5.78. The Balaban J connectivity index is 2.42. The normalized spacial score (nSPS) is 10.5. The summed E-state index contributed by atoms with van der Waals surface area (Å²) in [5, 5.41) is 0. The summed E-state index contributed by atoms with van der Waals surface area (Å²) in [7, 11) is 0. The van der Waals surface area contributed by atoms with Gasteiger partial charge in [-0.2, -0.15) is 0 Å². The van der Waals surface area contributed by atoms with Gasteiger partial charge in [-0.25, -0.2) is 9.78 Å². The molecule has 0 amide bonds. The van der Waals surface area contributed by atoms with E-state index in [2.05, 4.69) is 20.9 Å². The number of hydrogen-bond donors (Lipinski definition) is 0. The third-order valence-electron chi connectivity index (χ3n) is 2.61. The lowest BCUT2D eigenvalue weighted by Crippen LogP contribution is -2.04. The van der Waals surface area contributed by atoms with Crippen molar-refractivity contribution in [1.82, 2.24) is 4.98 Å². The van der Waals surface area contributed by atoms with Crippen molar-refractivity contribution in [1.29, 1.82) is 0 Å². The van der Waals surface area contributed by atoms with Crippen molar-refractivity contribution in [2.24, 2.45) is 0 Å². The van der Waals surface area contributed by atoms with E-state index < -0.39 is 5.97 Å². The molecule has 1 aromatic heterocycles. The number of hydrogen-bond acceptors (Lipinski definition) is 4. The lowest BCUT2D eigenvalue weighted by molar-refractivity contribution is 0.0490. The maximum Gasteiger partial charge on any atom is 0.376 e. The van der Waals surface area contributed by atoms with Gasteiger partial charge in [0.15, 0.2) is 0 Å². The molecule has 100 valence electrons. The minimum Gasteiger partial charge on any atom is -0.460 e. The predicted octanol–water partition coefficient (Wildman–Crippen LogP) is 3.90. The number of aromatic nitrogens is 1. The van der Waals surface area contributed by atoms with Crippen molar-refractivity contribution < 1.29 is 13.9 Å². The molecule has 0 unspecified atom stereocenters. The molecule has 5 heteroatoms. The maximum absolute atomic E-state index is 11.7. The Labute approximate surface area is 119 Å². The number of nitrogens with zero attached hydrogens (tertiary/aromatic N) is 1. The zero-order valence-corrected chi connectivity index (χ0v) is 12.6. The van der Waals surface area contributed by atoms with Gasteiger partial charge in [0.1, 0.15) is 0 Å². The molecule has 2 rings (SSSR count). The Morgan fingerprint density at radius 1 is 1.42 bits per heavy atom. The Morgan fingerprint density at radius 3 is 2.79 bits per heavy atom. The van der Waals surface area contributed by atoms with Gasteiger partial charge in [0.2, 0.25) is 11.7 Å². The second-order valence-electron chi connectivity index (χ2n) is 4.14. The Hall–Kier alpha value is -1.62. The summed E-state index contributed by atoms with van der Waals surface area (Å²) >= 11 is 3.47. The van der Waals surface area contributed by atoms with E-state index in [1.807, 2.05) is 25.1 Å². The van der Waals surface area contributed by atoms with Crippen molar-refractivity contribution in [3.05, 3.63) is 39.7 Å². The van der Waals surface area contributed by atoms with Gasteiger partial charge in [-0.3, -0.25) is 0 Å². The Kier molecular flexibility index (Phi) is 4.04. The van der Waals surface area contributed by atoms with Crippen LogP contribution in [0, 0.1) is 13.8 Å². The van der Waals surface area contributed by atoms with Crippen LogP contribution in [0.25, 0.3) is 11.5 Å². The number of aryl methyl sites for hydroxylation is 2. The van der Waals surface area contributed by atoms with E-state index >= 15 is 0 Å². The molecular formula is C14H14BrNO3. The van der Waals surface area contributed by atoms with Gasteiger partial charge in [-0.05, 0) is 54.4 Å². The van der Waals surface area contributed by atoms with Crippen molar-refractivity contribution in [3.8, 4) is 11.5 Å². The molecule has 4 nitrogen and oxygen atoms in total. The summed E-state index contributed by atoms with van der Waals surface area (Å²) < 4.78 is 11.3. The average molecular weight is 324 g/mol. The zero-order chi connectivity index (χ0) is 14.0. The lowest BCUT2D eigenvalue weighted by Gasteiger charge is -2.01. The molecule has 0 radical (unpaired) electrons. The average Bonchev–Trinajstić information content (AvgIpc) is 2.71. The molecule has 1 heterocycles. The number of oxazole rings is 1. The standard InChI is InChI=1S/C14H14BrNO3/c1-4-18-14(17)12-9(3)16-13(19-12)10-6-5-8(2)7-11(10)15/h5-7H,4H2,1-3H3. The molecule has 0 aliphatic rings. The van der Waals surface area contributed by atoms with E-state index in [1.54, 1.807) is 13.8 Å². The fourth-order valence-electron chi connectivity index (χ4n) is 1.69. The van der Waals surface area contributed by atoms with Crippen LogP contribution >= 0.6 is 15.9 Å². The van der Waals surface area contributed by atoms with Crippen molar-refractivity contribution in [2.75, 3.05) is 6.61 Å². The van der Waals surface area contributed by atoms with Crippen LogP contribution in [0.2, 0.25) is 0 Å². The number of carbonyl (C=O) groups is 1. The van der Waals surface area contributed by atoms with Crippen LogP contribution in [-0.2, 0) is 4.74 Å². The molecule has 0 fully saturated rings. The predicted molar refractivity (Wildman–Crippen MR) is 75.1 cm³/mol. The van der Waals surface area contributed by atoms with E-state index in [4.69, 9.17) is 9.15 Å². The summed E-state index contributed by atoms with van der Waals surface area (Å²) in [5.41, 5.74) is 2.47. The number of ether oxygens (including phenoxy) is 1. The van der Waals surface area contributed by atoms with Crippen LogP contribution in [0.5, 0.6) is 0 Å². The molecule has 0 bridgehead atoms. The fraction of sp³-hybridized carbons (Fsp3) is 0.286. The fourth-order valence-corrected chi connectivity index (χ4v) is 2.35. The second kappa shape index (κ2) is 5.57. The highest BCUT2D eigenvalue weighted by atomic mass is 79.9. The molecular weight excluding hydrogens is 310 g/mol. The van der Waals surface area contributed by atoms with Crippen molar-refractivity contribution in [2.45, 2.75) is 20.8 Å². The highest BCUT2D eigenvalue weighted by Crippen LogP contribution is 2.30. The molecule has 0 atom stereocenters. The minimum atomic E-state index is -0.484. The van der Waals surface area contributed by atoms with Crippen molar-refractivity contribution >= 4 is 21.9 Å². The molecule has 0 saturated carbocycles. The van der Waals surface area contributed by atoms with Gasteiger partial charge in [-0.15, -0.1) is 0 Å². The molecule has 0 aliphatic carbocycles. The first-order valence-corrected chi connectivity index (χ1v) is 6.73. The third-order valence-corrected chi connectivity index (χ3v) is 3.27. The highest BCUT2D eigenvalue weighted by molar-refractivity contribution is 9.10. The molecule has 2 aromatic rings. The molecule has 0 aliphatic heterocycles. The molecule has 0 N–H and O–H groups in total. The quantitative estimate of drug-likeness (QED) is 0.804. The van der Waals surface area contributed by atoms with Crippen LogP contribution in [0.4, 0.5) is 0 Å². The summed E-state index contributed by atoms with van der Waals surface area (Å²) in [6.07, 6.45) is 0. The minimum absolute atomic E-state index is 0.157. The first-order valence-electron chi connectivity index (χ1n) is 5.94. The van der Waals surface area contributed by atoms with Gasteiger partial charge in [0.25, 0.3) is 0 Å². The number of esters is 1. The monoisotopic (exact) mass is 323 g/mol. The molecule has 0 saturated heterocycles. The Morgan fingerprint density at radius 2 is 2.16 bits per heavy atom. The first-order chi connectivity index (χ1) is 9.02. The highest BCUT2D eigenvalue weighted by Gasteiger charge is 2.20. The lowest BCUT2D eigenvalue weighted by atomic mass is 10.1. The third kappa shape index (κ3) is 2.87. The van der Waals surface area contributed by atoms with Crippen LogP contribution in [-0.4, -0.2) is 17.6 Å². The van der Waals surface area contributed by atoms with Crippen LogP contribution in [0.3, 0.4) is 0 Å². The summed E-state index contributed by atoms with van der Waals surface area (Å²) in [4.78, 5) is 16.0. The van der Waals surface area contributed by atoms with Crippen molar-refractivity contribution in [3.63, 3.8) is 0 Å². The van der Waals surface area contributed by atoms with Gasteiger partial charge >= 0.3 is 5.97 Å². The van der Waals surface area contributed by atoms with E-state index in [0.29, 0.717) is 18.2 Å². The van der Waals surface area contributed by atoms with E-state index in [-0.39, 0.29) is 5.76 Å². The smallest absolute Gasteiger partial charge is 0.376 e. The van der Waals surface area contributed by atoms with Crippen LogP contribution < -0.4 is 0 Å². The van der Waals surface area contributed by atoms with Gasteiger partial charge < -0.3 is 9.15 Å². The van der Waals surface area contributed by atoms with Gasteiger partial charge in [-0.1, -0.05) is 6.07 Å². The van der Waals surface area contributed by atoms with Gasteiger partial charge in [0.05, 0.1) is 17.9 Å². The topological polar surface area (TPSA) is 52.3 Å². The Bertz CT molecular complexity index is 619. The van der Waals surface area contributed by atoms with E-state index in [9.17, 15) is 4.79 Å². The molecule has 1 aromatic carbocycles. The number of benzene rings is 1. The number of carbonyl (C=O) groups excluding carboxylic acids is 1. The number of rotatable bonds is 3. The first kappa shape index (κ1) is 13.8. The number of halogens is 1. The van der Waals surface area contributed by atoms with Crippen LogP contribution in [0.15, 0.2) is 27.1 Å². The zero-order valence-electron chi connectivity index (χ0n) is 11.0. The molecule has 0 spiro atoms. The molecule has 19 heavy (non-hydrogen) atoms.